The summed E-state index contributed by atoms with van der Waals surface area (Å²) in [6.07, 6.45) is 0. The van der Waals surface area contributed by atoms with Gasteiger partial charge in [0.2, 0.25) is 5.91 Å². The Morgan fingerprint density at radius 1 is 1.44 bits per heavy atom. The lowest BCUT2D eigenvalue weighted by molar-refractivity contribution is -0.126. The SMILES string of the molecule is C[C@@H](Sc1nnc(COc2ccc(F)cc2)o1)C(=O)N1CCNC1=O. The Labute approximate surface area is 146 Å². The summed E-state index contributed by atoms with van der Waals surface area (Å²) in [5.41, 5.74) is 0. The molecule has 3 rings (SSSR count). The van der Waals surface area contributed by atoms with Crippen LogP contribution in [0.4, 0.5) is 9.18 Å². The van der Waals surface area contributed by atoms with Gasteiger partial charge in [-0.3, -0.25) is 9.69 Å². The van der Waals surface area contributed by atoms with Crippen LogP contribution in [-0.2, 0) is 11.4 Å². The predicted octanol–water partition coefficient (Wildman–Crippen LogP) is 1.82. The van der Waals surface area contributed by atoms with Gasteiger partial charge in [-0.2, -0.15) is 0 Å². The van der Waals surface area contributed by atoms with Crippen molar-refractivity contribution < 1.29 is 23.1 Å². The highest BCUT2D eigenvalue weighted by atomic mass is 32.2. The Hall–Kier alpha value is -2.62. The molecule has 0 bridgehead atoms. The predicted molar refractivity (Wildman–Crippen MR) is 85.5 cm³/mol. The molecule has 1 atom stereocenters. The van der Waals surface area contributed by atoms with Crippen LogP contribution < -0.4 is 10.1 Å². The molecular weight excluding hydrogens is 351 g/mol. The standard InChI is InChI=1S/C15H15FN4O4S/c1-9(13(21)20-7-6-17-14(20)22)25-15-19-18-12(24-15)8-23-11-4-2-10(16)3-5-11/h2-5,9H,6-8H2,1H3,(H,17,22)/t9-/m1/s1. The summed E-state index contributed by atoms with van der Waals surface area (Å²) in [6.45, 7) is 2.49. The largest absolute Gasteiger partial charge is 0.484 e. The maximum atomic E-state index is 12.8. The van der Waals surface area contributed by atoms with Crippen molar-refractivity contribution in [3.05, 3.63) is 36.0 Å². The van der Waals surface area contributed by atoms with Gasteiger partial charge in [-0.15, -0.1) is 10.2 Å². The van der Waals surface area contributed by atoms with E-state index in [0.29, 0.717) is 18.8 Å². The van der Waals surface area contributed by atoms with Crippen molar-refractivity contribution in [1.29, 1.82) is 0 Å². The first-order valence-corrected chi connectivity index (χ1v) is 8.37. The number of nitrogens with zero attached hydrogens (tertiary/aromatic N) is 3. The van der Waals surface area contributed by atoms with Crippen molar-refractivity contribution in [3.8, 4) is 5.75 Å². The fourth-order valence-corrected chi connectivity index (χ4v) is 2.89. The number of thioether (sulfide) groups is 1. The lowest BCUT2D eigenvalue weighted by Gasteiger charge is -2.15. The number of amides is 3. The van der Waals surface area contributed by atoms with Gasteiger partial charge >= 0.3 is 6.03 Å². The van der Waals surface area contributed by atoms with Crippen molar-refractivity contribution >= 4 is 23.7 Å². The van der Waals surface area contributed by atoms with Crippen molar-refractivity contribution in [3.63, 3.8) is 0 Å². The Kier molecular flexibility index (Phi) is 5.17. The molecule has 0 aliphatic carbocycles. The smallest absolute Gasteiger partial charge is 0.324 e. The van der Waals surface area contributed by atoms with Gasteiger partial charge in [0.15, 0.2) is 6.61 Å². The first-order chi connectivity index (χ1) is 12.0. The monoisotopic (exact) mass is 366 g/mol. The zero-order chi connectivity index (χ0) is 17.8. The number of carbonyl (C=O) groups is 2. The Balaban J connectivity index is 1.53. The second-order valence-electron chi connectivity index (χ2n) is 5.19. The molecule has 0 saturated carbocycles. The molecule has 8 nitrogen and oxygen atoms in total. The summed E-state index contributed by atoms with van der Waals surface area (Å²) in [4.78, 5) is 24.9. The van der Waals surface area contributed by atoms with E-state index < -0.39 is 11.3 Å². The van der Waals surface area contributed by atoms with E-state index in [1.165, 1.54) is 24.3 Å². The van der Waals surface area contributed by atoms with Crippen molar-refractivity contribution in [1.82, 2.24) is 20.4 Å². The number of aromatic nitrogens is 2. The van der Waals surface area contributed by atoms with Crippen LogP contribution in [0, 0.1) is 5.82 Å². The van der Waals surface area contributed by atoms with Gasteiger partial charge in [0.1, 0.15) is 11.6 Å². The molecule has 25 heavy (non-hydrogen) atoms. The molecule has 132 valence electrons. The van der Waals surface area contributed by atoms with Gasteiger partial charge in [0, 0.05) is 13.1 Å². The molecule has 0 spiro atoms. The van der Waals surface area contributed by atoms with Gasteiger partial charge < -0.3 is 14.5 Å². The summed E-state index contributed by atoms with van der Waals surface area (Å²) in [7, 11) is 0. The van der Waals surface area contributed by atoms with Gasteiger partial charge in [-0.25, -0.2) is 9.18 Å². The average molecular weight is 366 g/mol. The summed E-state index contributed by atoms with van der Waals surface area (Å²) in [5, 5.41) is 9.91. The van der Waals surface area contributed by atoms with Crippen LogP contribution in [0.25, 0.3) is 0 Å². The minimum Gasteiger partial charge on any atom is -0.484 e. The molecule has 10 heteroatoms. The van der Waals surface area contributed by atoms with E-state index in [4.69, 9.17) is 9.15 Å². The number of hydrogen-bond donors (Lipinski definition) is 1. The molecule has 2 aromatic rings. The highest BCUT2D eigenvalue weighted by Gasteiger charge is 2.31. The van der Waals surface area contributed by atoms with E-state index in [-0.39, 0.29) is 29.4 Å². The molecule has 3 amide bonds. The van der Waals surface area contributed by atoms with E-state index in [9.17, 15) is 14.0 Å². The van der Waals surface area contributed by atoms with E-state index in [0.717, 1.165) is 16.7 Å². The van der Waals surface area contributed by atoms with Crippen LogP contribution in [0.1, 0.15) is 12.8 Å². The van der Waals surface area contributed by atoms with Crippen LogP contribution in [0.5, 0.6) is 5.75 Å². The van der Waals surface area contributed by atoms with Gasteiger partial charge in [0.25, 0.3) is 11.1 Å². The number of imide groups is 1. The Morgan fingerprint density at radius 3 is 2.88 bits per heavy atom. The lowest BCUT2D eigenvalue weighted by Crippen LogP contribution is -2.38. The number of nitrogens with one attached hydrogen (secondary N) is 1. The second kappa shape index (κ2) is 7.51. The lowest BCUT2D eigenvalue weighted by atomic mass is 10.3. The highest BCUT2D eigenvalue weighted by Crippen LogP contribution is 2.24. The zero-order valence-corrected chi connectivity index (χ0v) is 14.1. The van der Waals surface area contributed by atoms with Crippen molar-refractivity contribution in [2.24, 2.45) is 0 Å². The molecule has 1 aliphatic rings. The number of hydrogen-bond acceptors (Lipinski definition) is 7. The molecule has 1 N–H and O–H groups in total. The molecular formula is C15H15FN4O4S. The Bertz CT molecular complexity index is 767. The molecule has 1 aliphatic heterocycles. The topological polar surface area (TPSA) is 97.6 Å². The van der Waals surface area contributed by atoms with Crippen LogP contribution in [0.15, 0.2) is 33.9 Å². The summed E-state index contributed by atoms with van der Waals surface area (Å²) >= 11 is 1.07. The van der Waals surface area contributed by atoms with Crippen molar-refractivity contribution in [2.75, 3.05) is 13.1 Å². The molecule has 1 aromatic carbocycles. The van der Waals surface area contributed by atoms with Crippen LogP contribution in [0.3, 0.4) is 0 Å². The molecule has 0 radical (unpaired) electrons. The number of rotatable bonds is 6. The van der Waals surface area contributed by atoms with Crippen LogP contribution >= 0.6 is 11.8 Å². The first kappa shape index (κ1) is 17.2. The number of carbonyl (C=O) groups excluding carboxylic acids is 2. The molecule has 2 heterocycles. The average Bonchev–Trinajstić information content (AvgIpc) is 3.22. The first-order valence-electron chi connectivity index (χ1n) is 7.49. The van der Waals surface area contributed by atoms with Gasteiger partial charge in [-0.05, 0) is 31.2 Å². The van der Waals surface area contributed by atoms with E-state index in [1.807, 2.05) is 0 Å². The van der Waals surface area contributed by atoms with Crippen LogP contribution in [0.2, 0.25) is 0 Å². The normalized spacial score (nSPS) is 15.1. The van der Waals surface area contributed by atoms with Gasteiger partial charge in [-0.1, -0.05) is 11.8 Å². The molecule has 1 aromatic heterocycles. The van der Waals surface area contributed by atoms with E-state index in [1.54, 1.807) is 6.92 Å². The number of halogens is 1. The number of benzene rings is 1. The quantitative estimate of drug-likeness (QED) is 0.779. The zero-order valence-electron chi connectivity index (χ0n) is 13.3. The van der Waals surface area contributed by atoms with E-state index >= 15 is 0 Å². The molecule has 0 unspecified atom stereocenters. The fraction of sp³-hybridized carbons (Fsp3) is 0.333. The minimum absolute atomic E-state index is 0.0239. The maximum absolute atomic E-state index is 12.8. The summed E-state index contributed by atoms with van der Waals surface area (Å²) in [6, 6.07) is 5.15. The summed E-state index contributed by atoms with van der Waals surface area (Å²) < 4.78 is 23.6. The third-order valence-electron chi connectivity index (χ3n) is 3.37. The van der Waals surface area contributed by atoms with Crippen LogP contribution in [-0.4, -0.2) is 45.4 Å². The minimum atomic E-state index is -0.546. The maximum Gasteiger partial charge on any atom is 0.324 e. The number of ether oxygens (including phenoxy) is 1. The van der Waals surface area contributed by atoms with E-state index in [2.05, 4.69) is 15.5 Å². The fourth-order valence-electron chi connectivity index (χ4n) is 2.12. The number of urea groups is 1. The molecule has 1 fully saturated rings. The third-order valence-corrected chi connectivity index (χ3v) is 4.29. The highest BCUT2D eigenvalue weighted by molar-refractivity contribution is 8.00. The van der Waals surface area contributed by atoms with Crippen molar-refractivity contribution in [2.45, 2.75) is 24.0 Å². The summed E-state index contributed by atoms with van der Waals surface area (Å²) in [5.74, 6) is 0.0271. The Morgan fingerprint density at radius 2 is 2.20 bits per heavy atom. The molecule has 1 saturated heterocycles. The van der Waals surface area contributed by atoms with Gasteiger partial charge in [0.05, 0.1) is 5.25 Å². The third kappa shape index (κ3) is 4.27. The second-order valence-corrected chi connectivity index (χ2v) is 6.48.